The largest absolute Gasteiger partial charge is 0.428 e. The van der Waals surface area contributed by atoms with E-state index in [0.29, 0.717) is 11.0 Å². The fourth-order valence-electron chi connectivity index (χ4n) is 4.22. The van der Waals surface area contributed by atoms with Gasteiger partial charge in [0.25, 0.3) is 0 Å². The molecular formula is C25H36O4. The summed E-state index contributed by atoms with van der Waals surface area (Å²) < 4.78 is 4.63. The van der Waals surface area contributed by atoms with Crippen molar-refractivity contribution in [1.82, 2.24) is 0 Å². The maximum absolute atomic E-state index is 11.1. The Labute approximate surface area is 175 Å². The fourth-order valence-corrected chi connectivity index (χ4v) is 4.22. The Bertz CT molecular complexity index is 747. The number of rotatable bonds is 9. The lowest BCUT2D eigenvalue weighted by Gasteiger charge is -2.35. The van der Waals surface area contributed by atoms with E-state index < -0.39 is 12.3 Å². The smallest absolute Gasteiger partial charge is 0.333 e. The monoisotopic (exact) mass is 400 g/mol. The summed E-state index contributed by atoms with van der Waals surface area (Å²) in [6, 6.07) is 0. The summed E-state index contributed by atoms with van der Waals surface area (Å²) in [7, 11) is 0. The van der Waals surface area contributed by atoms with Crippen LogP contribution >= 0.6 is 0 Å². The van der Waals surface area contributed by atoms with Crippen LogP contribution in [0.5, 0.6) is 0 Å². The summed E-state index contributed by atoms with van der Waals surface area (Å²) in [5, 5.41) is 19.1. The van der Waals surface area contributed by atoms with Crippen molar-refractivity contribution in [3.05, 3.63) is 58.2 Å². The highest BCUT2D eigenvalue weighted by Gasteiger charge is 2.27. The van der Waals surface area contributed by atoms with Crippen LogP contribution in [0, 0.1) is 5.41 Å². The SMILES string of the molecule is CC1=C(CC/C(C)=C/CC/C(=C\C=C\C2=CC(=O)O[C@@H]2O)CO)C(C)(C)CCC1. The lowest BCUT2D eigenvalue weighted by atomic mass is 9.71. The molecule has 1 heterocycles. The Morgan fingerprint density at radius 3 is 2.72 bits per heavy atom. The normalized spacial score (nSPS) is 23.0. The van der Waals surface area contributed by atoms with Crippen LogP contribution in [0.4, 0.5) is 0 Å². The van der Waals surface area contributed by atoms with Crippen LogP contribution in [0.2, 0.25) is 0 Å². The van der Waals surface area contributed by atoms with Crippen LogP contribution in [0.1, 0.15) is 72.6 Å². The Morgan fingerprint density at radius 2 is 2.10 bits per heavy atom. The van der Waals surface area contributed by atoms with Crippen molar-refractivity contribution in [2.24, 2.45) is 5.41 Å². The van der Waals surface area contributed by atoms with Crippen molar-refractivity contribution in [3.8, 4) is 0 Å². The maximum Gasteiger partial charge on any atom is 0.333 e. The van der Waals surface area contributed by atoms with Gasteiger partial charge in [-0.15, -0.1) is 0 Å². The van der Waals surface area contributed by atoms with Gasteiger partial charge in [0.15, 0.2) is 0 Å². The first kappa shape index (κ1) is 23.4. The number of esters is 1. The minimum absolute atomic E-state index is 0.00543. The molecule has 0 saturated heterocycles. The van der Waals surface area contributed by atoms with E-state index in [4.69, 9.17) is 0 Å². The summed E-state index contributed by atoms with van der Waals surface area (Å²) >= 11 is 0. The highest BCUT2D eigenvalue weighted by Crippen LogP contribution is 2.42. The third-order valence-corrected chi connectivity index (χ3v) is 6.03. The second kappa shape index (κ2) is 10.7. The van der Waals surface area contributed by atoms with Crippen LogP contribution in [0.25, 0.3) is 0 Å². The molecule has 0 radical (unpaired) electrons. The quantitative estimate of drug-likeness (QED) is 0.313. The molecule has 0 saturated carbocycles. The number of carbonyl (C=O) groups excluding carboxylic acids is 1. The number of ether oxygens (including phenoxy) is 1. The lowest BCUT2D eigenvalue weighted by Crippen LogP contribution is -2.20. The molecule has 0 spiro atoms. The number of cyclic esters (lactones) is 1. The second-order valence-corrected chi connectivity index (χ2v) is 8.86. The van der Waals surface area contributed by atoms with E-state index in [1.54, 1.807) is 23.3 Å². The van der Waals surface area contributed by atoms with E-state index in [2.05, 4.69) is 38.5 Å². The number of aliphatic hydroxyl groups is 2. The Kier molecular flexibility index (Phi) is 8.66. The molecular weight excluding hydrogens is 364 g/mol. The molecule has 1 atom stereocenters. The molecule has 0 fully saturated rings. The number of hydrogen-bond acceptors (Lipinski definition) is 4. The summed E-state index contributed by atoms with van der Waals surface area (Å²) in [5.74, 6) is -0.535. The summed E-state index contributed by atoms with van der Waals surface area (Å²) in [5.41, 5.74) is 6.30. The number of hydrogen-bond donors (Lipinski definition) is 2. The molecule has 4 nitrogen and oxygen atoms in total. The molecule has 4 heteroatoms. The Hall–Kier alpha value is -1.91. The molecule has 160 valence electrons. The van der Waals surface area contributed by atoms with Crippen LogP contribution in [-0.4, -0.2) is 29.1 Å². The van der Waals surface area contributed by atoms with Crippen molar-refractivity contribution >= 4 is 5.97 Å². The van der Waals surface area contributed by atoms with Gasteiger partial charge in [-0.2, -0.15) is 0 Å². The Morgan fingerprint density at radius 1 is 1.34 bits per heavy atom. The predicted molar refractivity (Wildman–Crippen MR) is 117 cm³/mol. The standard InChI is InChI=1S/C25H36O4/c1-18(13-14-22-19(2)9-7-15-25(22,3)4)8-5-10-20(17-26)11-6-12-21-16-23(27)29-24(21)28/h6,8,11-12,16,24,26,28H,5,7,9-10,13-15,17H2,1-4H3/b12-6+,18-8+,20-11+/t24-/m0/s1. The fraction of sp³-hybridized carbons (Fsp3) is 0.560. The Balaban J connectivity index is 1.83. The molecule has 2 rings (SSSR count). The molecule has 0 amide bonds. The maximum atomic E-state index is 11.1. The van der Waals surface area contributed by atoms with Gasteiger partial charge >= 0.3 is 5.97 Å². The van der Waals surface area contributed by atoms with E-state index >= 15 is 0 Å². The molecule has 0 aromatic heterocycles. The first-order valence-electron chi connectivity index (χ1n) is 10.6. The van der Waals surface area contributed by atoms with Crippen LogP contribution < -0.4 is 0 Å². The molecule has 0 unspecified atom stereocenters. The minimum atomic E-state index is -1.19. The molecule has 2 aliphatic rings. The van der Waals surface area contributed by atoms with E-state index in [9.17, 15) is 15.0 Å². The molecule has 0 aromatic rings. The van der Waals surface area contributed by atoms with E-state index in [1.807, 2.05) is 6.08 Å². The first-order valence-corrected chi connectivity index (χ1v) is 10.6. The summed E-state index contributed by atoms with van der Waals surface area (Å²) in [6.45, 7) is 9.23. The van der Waals surface area contributed by atoms with Crippen molar-refractivity contribution < 1.29 is 19.7 Å². The topological polar surface area (TPSA) is 66.8 Å². The molecule has 2 N–H and O–H groups in total. The average Bonchev–Trinajstić information content (AvgIpc) is 2.96. The average molecular weight is 401 g/mol. The van der Waals surface area contributed by atoms with Crippen LogP contribution in [0.3, 0.4) is 0 Å². The second-order valence-electron chi connectivity index (χ2n) is 8.86. The van der Waals surface area contributed by atoms with Crippen LogP contribution in [0.15, 0.2) is 58.2 Å². The third-order valence-electron chi connectivity index (χ3n) is 6.03. The number of allylic oxidation sites excluding steroid dienone is 6. The highest BCUT2D eigenvalue weighted by atomic mass is 16.6. The van der Waals surface area contributed by atoms with Gasteiger partial charge in [-0.25, -0.2) is 4.79 Å². The molecule has 0 aromatic carbocycles. The van der Waals surface area contributed by atoms with E-state index in [1.165, 1.54) is 30.9 Å². The predicted octanol–water partition coefficient (Wildman–Crippen LogP) is 5.30. The molecule has 1 aliphatic carbocycles. The van der Waals surface area contributed by atoms with E-state index in [0.717, 1.165) is 31.3 Å². The molecule has 29 heavy (non-hydrogen) atoms. The van der Waals surface area contributed by atoms with Crippen LogP contribution in [-0.2, 0) is 9.53 Å². The van der Waals surface area contributed by atoms with Gasteiger partial charge in [0.1, 0.15) is 0 Å². The van der Waals surface area contributed by atoms with Gasteiger partial charge in [-0.1, -0.05) is 54.9 Å². The van der Waals surface area contributed by atoms with Crippen molar-refractivity contribution in [1.29, 1.82) is 0 Å². The number of carbonyl (C=O) groups is 1. The van der Waals surface area contributed by atoms with Gasteiger partial charge in [-0.05, 0) is 69.8 Å². The first-order chi connectivity index (χ1) is 13.7. The molecule has 1 aliphatic heterocycles. The highest BCUT2D eigenvalue weighted by molar-refractivity contribution is 5.86. The summed E-state index contributed by atoms with van der Waals surface area (Å²) in [6.07, 6.45) is 15.3. The summed E-state index contributed by atoms with van der Waals surface area (Å²) in [4.78, 5) is 11.1. The van der Waals surface area contributed by atoms with Gasteiger partial charge < -0.3 is 14.9 Å². The lowest BCUT2D eigenvalue weighted by molar-refractivity contribution is -0.150. The third kappa shape index (κ3) is 7.13. The van der Waals surface area contributed by atoms with Gasteiger partial charge in [0.05, 0.1) is 6.61 Å². The zero-order chi connectivity index (χ0) is 21.4. The van der Waals surface area contributed by atoms with Gasteiger partial charge in [-0.3, -0.25) is 0 Å². The molecule has 0 bridgehead atoms. The van der Waals surface area contributed by atoms with Crippen molar-refractivity contribution in [3.63, 3.8) is 0 Å². The van der Waals surface area contributed by atoms with Gasteiger partial charge in [0.2, 0.25) is 6.29 Å². The zero-order valence-electron chi connectivity index (χ0n) is 18.3. The van der Waals surface area contributed by atoms with Crippen molar-refractivity contribution in [2.45, 2.75) is 78.9 Å². The van der Waals surface area contributed by atoms with Crippen molar-refractivity contribution in [2.75, 3.05) is 6.61 Å². The zero-order valence-corrected chi connectivity index (χ0v) is 18.3. The minimum Gasteiger partial charge on any atom is -0.428 e. The van der Waals surface area contributed by atoms with E-state index in [-0.39, 0.29) is 6.61 Å². The van der Waals surface area contributed by atoms with Gasteiger partial charge in [0, 0.05) is 11.6 Å². The number of aliphatic hydroxyl groups excluding tert-OH is 2.